The molecule has 2 aliphatic rings. The summed E-state index contributed by atoms with van der Waals surface area (Å²) in [6.45, 7) is 12.2. The van der Waals surface area contributed by atoms with E-state index in [2.05, 4.69) is 24.5 Å². The van der Waals surface area contributed by atoms with Crippen LogP contribution in [-0.4, -0.2) is 65.9 Å². The van der Waals surface area contributed by atoms with Crippen LogP contribution in [0.25, 0.3) is 0 Å². The van der Waals surface area contributed by atoms with Gasteiger partial charge in [-0.1, -0.05) is 6.08 Å². The van der Waals surface area contributed by atoms with Gasteiger partial charge in [-0.3, -0.25) is 26.8 Å². The molecule has 0 aliphatic carbocycles. The Morgan fingerprint density at radius 3 is 1.82 bits per heavy atom. The number of hydrogen-bond acceptors (Lipinski definition) is 6. The first-order valence-electron chi connectivity index (χ1n) is 5.62. The third-order valence-electron chi connectivity index (χ3n) is 2.52. The van der Waals surface area contributed by atoms with Gasteiger partial charge in [0.2, 0.25) is 12.7 Å². The van der Waals surface area contributed by atoms with E-state index in [4.69, 9.17) is 4.74 Å². The van der Waals surface area contributed by atoms with Gasteiger partial charge < -0.3 is 33.0 Å². The van der Waals surface area contributed by atoms with Crippen molar-refractivity contribution in [3.05, 3.63) is 57.8 Å². The molecule has 120 valence electrons. The Hall–Kier alpha value is -0.814. The fraction of sp³-hybridized carbons (Fsp3) is 0.500. The molecule has 0 unspecified atom stereocenters. The summed E-state index contributed by atoms with van der Waals surface area (Å²) in [6.07, 6.45) is 2.60. The van der Waals surface area contributed by atoms with Gasteiger partial charge >= 0.3 is 23.1 Å². The Morgan fingerprint density at radius 1 is 1.23 bits per heavy atom. The first-order chi connectivity index (χ1) is 9.47. The van der Waals surface area contributed by atoms with Crippen molar-refractivity contribution in [2.45, 2.75) is 0 Å². The van der Waals surface area contributed by atoms with E-state index in [1.54, 1.807) is 6.08 Å². The van der Waals surface area contributed by atoms with Crippen molar-refractivity contribution in [2.24, 2.45) is 5.41 Å². The fourth-order valence-corrected chi connectivity index (χ4v) is 1.34. The minimum Gasteiger partial charge on any atom is -1.00 e. The zero-order chi connectivity index (χ0) is 15.6. The molecule has 0 atom stereocenters. The second-order valence-electron chi connectivity index (χ2n) is 4.12. The average molecular weight is 389 g/mol. The molecule has 0 bridgehead atoms. The van der Waals surface area contributed by atoms with Crippen LogP contribution in [0.15, 0.2) is 31.0 Å². The van der Waals surface area contributed by atoms with Crippen LogP contribution in [0.1, 0.15) is 0 Å². The standard InChI is InChI=1S/C6H9NO3.C4H5NO3.C2H3.BrH.Mg/c1-2-6(3-7(8)9)4-10-5-6;6-5(7)1-4-2-8-3-4;1-2;;/h2H,1,3-5H2;1H,2-3H2;1H,2H2;1H;/q;;-1;;+2/p-1. The molecule has 2 fully saturated rings. The molecule has 0 N–H and O–H groups in total. The molecule has 0 spiro atoms. The van der Waals surface area contributed by atoms with Crippen molar-refractivity contribution in [2.75, 3.05) is 33.0 Å². The topological polar surface area (TPSA) is 105 Å². The van der Waals surface area contributed by atoms with Gasteiger partial charge in [0.15, 0.2) is 0 Å². The Balaban J connectivity index is -0.000000276. The predicted octanol–water partition coefficient (Wildman–Crippen LogP) is -2.13. The first kappa shape index (κ1) is 26.1. The van der Waals surface area contributed by atoms with Crippen LogP contribution in [0.2, 0.25) is 0 Å². The molecule has 0 aromatic heterocycles. The van der Waals surface area contributed by atoms with E-state index in [1.165, 1.54) is 0 Å². The maximum Gasteiger partial charge on any atom is 2.00 e. The molecule has 0 aromatic carbocycles. The number of rotatable bonds is 4. The van der Waals surface area contributed by atoms with E-state index in [-0.39, 0.29) is 56.9 Å². The summed E-state index contributed by atoms with van der Waals surface area (Å²) in [5.41, 5.74) is 0.388. The molecule has 2 saturated heterocycles. The molecular weight excluding hydrogens is 372 g/mol. The Labute approximate surface area is 155 Å². The largest absolute Gasteiger partial charge is 2.00 e. The smallest absolute Gasteiger partial charge is 1.00 e. The monoisotopic (exact) mass is 388 g/mol. The molecule has 10 heteroatoms. The first-order valence-corrected chi connectivity index (χ1v) is 5.62. The van der Waals surface area contributed by atoms with Crippen molar-refractivity contribution in [1.29, 1.82) is 0 Å². The number of hydrogen-bond donors (Lipinski definition) is 0. The van der Waals surface area contributed by atoms with E-state index in [9.17, 15) is 20.2 Å². The van der Waals surface area contributed by atoms with Gasteiger partial charge in [-0.05, 0) is 0 Å². The summed E-state index contributed by atoms with van der Waals surface area (Å²) >= 11 is 0. The summed E-state index contributed by atoms with van der Waals surface area (Å²) in [4.78, 5) is 19.0. The van der Waals surface area contributed by atoms with Gasteiger partial charge in [0.1, 0.15) is 0 Å². The summed E-state index contributed by atoms with van der Waals surface area (Å²) in [5, 5.41) is 19.7. The van der Waals surface area contributed by atoms with Gasteiger partial charge in [0.25, 0.3) is 0 Å². The average Bonchev–Trinajstić information content (AvgIpc) is 2.32. The van der Waals surface area contributed by atoms with Gasteiger partial charge in [-0.25, -0.2) is 0 Å². The number of ether oxygens (including phenoxy) is 2. The SMILES string of the molecule is C=CC1(C[N+](=O)[O-])COC1.O=[N+]([O-])C=C1COC1.[Br-].[CH-]=C.[Mg+2]. The minimum atomic E-state index is -0.460. The summed E-state index contributed by atoms with van der Waals surface area (Å²) in [6, 6.07) is 0. The summed E-state index contributed by atoms with van der Waals surface area (Å²) in [5.74, 6) is 0. The van der Waals surface area contributed by atoms with Crippen molar-refractivity contribution >= 4 is 23.1 Å². The Morgan fingerprint density at radius 2 is 1.73 bits per heavy atom. The van der Waals surface area contributed by atoms with E-state index in [0.29, 0.717) is 26.4 Å². The molecule has 0 radical (unpaired) electrons. The van der Waals surface area contributed by atoms with Crippen LogP contribution in [-0.2, 0) is 9.47 Å². The fourth-order valence-electron chi connectivity index (χ4n) is 1.34. The van der Waals surface area contributed by atoms with Crippen molar-refractivity contribution in [1.82, 2.24) is 0 Å². The molecule has 2 rings (SSSR count). The van der Waals surface area contributed by atoms with Crippen molar-refractivity contribution in [3.63, 3.8) is 0 Å². The number of halogens is 1. The minimum absolute atomic E-state index is 0. The summed E-state index contributed by atoms with van der Waals surface area (Å²) in [7, 11) is 0. The van der Waals surface area contributed by atoms with Crippen LogP contribution in [0.4, 0.5) is 0 Å². The third kappa shape index (κ3) is 10.0. The third-order valence-corrected chi connectivity index (χ3v) is 2.52. The molecule has 22 heavy (non-hydrogen) atoms. The molecule has 2 heterocycles. The van der Waals surface area contributed by atoms with Crippen LogP contribution < -0.4 is 17.0 Å². The van der Waals surface area contributed by atoms with Gasteiger partial charge in [0, 0.05) is 4.92 Å². The molecule has 0 amide bonds. The maximum atomic E-state index is 10.1. The molecular formula is C12H17BrMgN2O6. The zero-order valence-corrected chi connectivity index (χ0v) is 15.1. The molecule has 0 aromatic rings. The maximum absolute atomic E-state index is 10.1. The number of nitrogens with zero attached hydrogens (tertiary/aromatic N) is 2. The molecule has 8 nitrogen and oxygen atoms in total. The Kier molecular flexibility index (Phi) is 16.4. The zero-order valence-electron chi connectivity index (χ0n) is 12.1. The Bertz CT molecular complexity index is 395. The van der Waals surface area contributed by atoms with E-state index < -0.39 is 4.92 Å². The van der Waals surface area contributed by atoms with Gasteiger partial charge in [-0.15, -0.1) is 6.58 Å². The normalized spacial score (nSPS) is 16.1. The van der Waals surface area contributed by atoms with E-state index in [0.717, 1.165) is 11.8 Å². The predicted molar refractivity (Wildman–Crippen MR) is 76.9 cm³/mol. The molecule has 2 aliphatic heterocycles. The second kappa shape index (κ2) is 13.8. The van der Waals surface area contributed by atoms with Crippen LogP contribution in [0.3, 0.4) is 0 Å². The van der Waals surface area contributed by atoms with E-state index in [1.807, 2.05) is 0 Å². The quantitative estimate of drug-likeness (QED) is 0.179. The van der Waals surface area contributed by atoms with Crippen molar-refractivity contribution in [3.8, 4) is 0 Å². The number of nitro groups is 2. The van der Waals surface area contributed by atoms with Crippen molar-refractivity contribution < 1.29 is 36.3 Å². The second-order valence-corrected chi connectivity index (χ2v) is 4.12. The van der Waals surface area contributed by atoms with Crippen LogP contribution in [0.5, 0.6) is 0 Å². The summed E-state index contributed by atoms with van der Waals surface area (Å²) < 4.78 is 9.52. The van der Waals surface area contributed by atoms with E-state index >= 15 is 0 Å². The van der Waals surface area contributed by atoms with Gasteiger partial charge in [0.05, 0.1) is 42.3 Å². The van der Waals surface area contributed by atoms with Crippen LogP contribution in [0, 0.1) is 32.2 Å². The molecule has 0 saturated carbocycles. The van der Waals surface area contributed by atoms with Crippen LogP contribution >= 0.6 is 0 Å². The van der Waals surface area contributed by atoms with Gasteiger partial charge in [-0.2, -0.15) is 0 Å².